The summed E-state index contributed by atoms with van der Waals surface area (Å²) in [5.74, 6) is -1.39. The van der Waals surface area contributed by atoms with Crippen LogP contribution in [-0.2, 0) is 17.7 Å². The molecule has 104 valence electrons. The van der Waals surface area contributed by atoms with E-state index in [1.54, 1.807) is 20.8 Å². The number of hydrogen-bond acceptors (Lipinski definition) is 5. The monoisotopic (exact) mass is 268 g/mol. The minimum Gasteiger partial charge on any atom is -0.475 e. The van der Waals surface area contributed by atoms with Crippen LogP contribution in [0.15, 0.2) is 4.52 Å². The Morgan fingerprint density at radius 3 is 2.68 bits per heavy atom. The van der Waals surface area contributed by atoms with Crippen LogP contribution >= 0.6 is 0 Å². The summed E-state index contributed by atoms with van der Waals surface area (Å²) in [4.78, 5) is 24.4. The predicted octanol–water partition coefficient (Wildman–Crippen LogP) is 1.67. The molecule has 1 amide bonds. The number of amides is 1. The van der Waals surface area contributed by atoms with Crippen molar-refractivity contribution in [3.63, 3.8) is 0 Å². The van der Waals surface area contributed by atoms with Gasteiger partial charge < -0.3 is 19.3 Å². The van der Waals surface area contributed by atoms with Crippen LogP contribution in [0.25, 0.3) is 0 Å². The second-order valence-corrected chi connectivity index (χ2v) is 5.39. The largest absolute Gasteiger partial charge is 0.475 e. The Morgan fingerprint density at radius 2 is 2.11 bits per heavy atom. The lowest BCUT2D eigenvalue weighted by molar-refractivity contribution is 0.0221. The Kier molecular flexibility index (Phi) is 3.21. The average Bonchev–Trinajstić information content (AvgIpc) is 2.68. The van der Waals surface area contributed by atoms with Crippen LogP contribution in [0.5, 0.6) is 0 Å². The third kappa shape index (κ3) is 2.86. The van der Waals surface area contributed by atoms with Gasteiger partial charge in [0.25, 0.3) is 0 Å². The van der Waals surface area contributed by atoms with Gasteiger partial charge in [-0.3, -0.25) is 0 Å². The molecule has 0 fully saturated rings. The van der Waals surface area contributed by atoms with E-state index in [9.17, 15) is 9.59 Å². The molecule has 0 aliphatic carbocycles. The Bertz CT molecular complexity index is 515. The molecule has 1 aliphatic heterocycles. The molecule has 0 saturated heterocycles. The molecule has 0 atom stereocenters. The molecule has 2 rings (SSSR count). The van der Waals surface area contributed by atoms with Gasteiger partial charge in [0.2, 0.25) is 5.76 Å². The number of fused-ring (bicyclic) bond motifs is 1. The van der Waals surface area contributed by atoms with Crippen molar-refractivity contribution in [1.29, 1.82) is 0 Å². The summed E-state index contributed by atoms with van der Waals surface area (Å²) < 4.78 is 10.0. The lowest BCUT2D eigenvalue weighted by Crippen LogP contribution is -2.40. The normalized spacial score (nSPS) is 15.0. The molecule has 2 heterocycles. The summed E-state index contributed by atoms with van der Waals surface area (Å²) in [5.41, 5.74) is 0.462. The van der Waals surface area contributed by atoms with Gasteiger partial charge >= 0.3 is 12.1 Å². The number of carbonyl (C=O) groups excluding carboxylic acids is 1. The number of carbonyl (C=O) groups is 2. The zero-order chi connectivity index (χ0) is 14.2. The molecular weight excluding hydrogens is 252 g/mol. The topological polar surface area (TPSA) is 92.9 Å². The van der Waals surface area contributed by atoms with E-state index in [4.69, 9.17) is 14.4 Å². The highest BCUT2D eigenvalue weighted by atomic mass is 16.6. The van der Waals surface area contributed by atoms with E-state index in [0.29, 0.717) is 24.2 Å². The first kappa shape index (κ1) is 13.4. The van der Waals surface area contributed by atoms with Gasteiger partial charge in [-0.05, 0) is 20.8 Å². The SMILES string of the molecule is CC(C)(C)OC(=O)N1CCc2noc(C(=O)O)c2C1. The molecule has 0 radical (unpaired) electrons. The zero-order valence-corrected chi connectivity index (χ0v) is 11.1. The van der Waals surface area contributed by atoms with Gasteiger partial charge in [0, 0.05) is 18.5 Å². The standard InChI is InChI=1S/C12H16N2O5/c1-12(2,3)18-11(17)14-5-4-8-7(6-14)9(10(15)16)19-13-8/h4-6H2,1-3H3,(H,15,16). The highest BCUT2D eigenvalue weighted by Gasteiger charge is 2.31. The number of hydrogen-bond donors (Lipinski definition) is 1. The Balaban J connectivity index is 2.15. The molecule has 0 bridgehead atoms. The van der Waals surface area contributed by atoms with Gasteiger partial charge in [0.1, 0.15) is 5.60 Å². The van der Waals surface area contributed by atoms with Gasteiger partial charge in [-0.2, -0.15) is 0 Å². The van der Waals surface area contributed by atoms with Crippen molar-refractivity contribution in [2.45, 2.75) is 39.3 Å². The molecule has 0 aromatic carbocycles. The Labute approximate surface area is 110 Å². The first-order valence-corrected chi connectivity index (χ1v) is 5.96. The molecule has 19 heavy (non-hydrogen) atoms. The molecule has 0 spiro atoms. The summed E-state index contributed by atoms with van der Waals surface area (Å²) in [6.45, 7) is 5.93. The summed E-state index contributed by atoms with van der Waals surface area (Å²) >= 11 is 0. The maximum absolute atomic E-state index is 11.9. The lowest BCUT2D eigenvalue weighted by atomic mass is 10.1. The molecular formula is C12H16N2O5. The number of nitrogens with zero attached hydrogens (tertiary/aromatic N) is 2. The maximum Gasteiger partial charge on any atom is 0.410 e. The number of aromatic carboxylic acids is 1. The third-order valence-corrected chi connectivity index (χ3v) is 2.68. The van der Waals surface area contributed by atoms with E-state index in [1.165, 1.54) is 4.90 Å². The van der Waals surface area contributed by atoms with Gasteiger partial charge in [-0.15, -0.1) is 0 Å². The fraction of sp³-hybridized carbons (Fsp3) is 0.583. The Hall–Kier alpha value is -2.05. The molecule has 1 aromatic rings. The molecule has 0 saturated carbocycles. The molecule has 7 nitrogen and oxygen atoms in total. The van der Waals surface area contributed by atoms with Gasteiger partial charge in [-0.25, -0.2) is 9.59 Å². The maximum atomic E-state index is 11.9. The minimum absolute atomic E-state index is 0.148. The average molecular weight is 268 g/mol. The van der Waals surface area contributed by atoms with Crippen molar-refractivity contribution in [2.24, 2.45) is 0 Å². The van der Waals surface area contributed by atoms with E-state index in [2.05, 4.69) is 5.16 Å². The zero-order valence-electron chi connectivity index (χ0n) is 11.1. The number of ether oxygens (including phenoxy) is 1. The van der Waals surface area contributed by atoms with Crippen molar-refractivity contribution >= 4 is 12.1 Å². The molecule has 1 aromatic heterocycles. The van der Waals surface area contributed by atoms with Crippen LogP contribution in [0.1, 0.15) is 42.6 Å². The third-order valence-electron chi connectivity index (χ3n) is 2.68. The van der Waals surface area contributed by atoms with E-state index in [0.717, 1.165) is 0 Å². The summed E-state index contributed by atoms with van der Waals surface area (Å²) in [5, 5.41) is 12.7. The van der Waals surface area contributed by atoms with Crippen LogP contribution < -0.4 is 0 Å². The number of aromatic nitrogens is 1. The van der Waals surface area contributed by atoms with Gasteiger partial charge in [0.15, 0.2) is 0 Å². The minimum atomic E-state index is -1.18. The lowest BCUT2D eigenvalue weighted by Gasteiger charge is -2.29. The highest BCUT2D eigenvalue weighted by molar-refractivity contribution is 5.86. The number of rotatable bonds is 1. The number of carboxylic acid groups (broad SMARTS) is 1. The second-order valence-electron chi connectivity index (χ2n) is 5.39. The van der Waals surface area contributed by atoms with Crippen LogP contribution in [0.3, 0.4) is 0 Å². The fourth-order valence-corrected chi connectivity index (χ4v) is 1.86. The van der Waals surface area contributed by atoms with E-state index in [1.807, 2.05) is 0 Å². The first-order chi connectivity index (χ1) is 8.78. The van der Waals surface area contributed by atoms with E-state index in [-0.39, 0.29) is 12.3 Å². The smallest absolute Gasteiger partial charge is 0.410 e. The highest BCUT2D eigenvalue weighted by Crippen LogP contribution is 2.23. The van der Waals surface area contributed by atoms with Crippen molar-refractivity contribution < 1.29 is 24.0 Å². The van der Waals surface area contributed by atoms with Crippen molar-refractivity contribution in [3.05, 3.63) is 17.0 Å². The Morgan fingerprint density at radius 1 is 1.42 bits per heavy atom. The first-order valence-electron chi connectivity index (χ1n) is 5.96. The van der Waals surface area contributed by atoms with Crippen LogP contribution in [-0.4, -0.2) is 39.4 Å². The fourth-order valence-electron chi connectivity index (χ4n) is 1.86. The van der Waals surface area contributed by atoms with Crippen LogP contribution in [0.4, 0.5) is 4.79 Å². The van der Waals surface area contributed by atoms with Gasteiger partial charge in [0.05, 0.1) is 12.2 Å². The molecule has 7 heteroatoms. The van der Waals surface area contributed by atoms with Crippen molar-refractivity contribution in [2.75, 3.05) is 6.54 Å². The van der Waals surface area contributed by atoms with Gasteiger partial charge in [-0.1, -0.05) is 5.16 Å². The number of carboxylic acids is 1. The molecule has 0 unspecified atom stereocenters. The second kappa shape index (κ2) is 4.56. The van der Waals surface area contributed by atoms with E-state index < -0.39 is 17.7 Å². The van der Waals surface area contributed by atoms with Crippen molar-refractivity contribution in [1.82, 2.24) is 10.1 Å². The van der Waals surface area contributed by atoms with E-state index >= 15 is 0 Å². The molecule has 1 N–H and O–H groups in total. The summed E-state index contributed by atoms with van der Waals surface area (Å²) in [6, 6.07) is 0. The van der Waals surface area contributed by atoms with Crippen LogP contribution in [0.2, 0.25) is 0 Å². The quantitative estimate of drug-likeness (QED) is 0.832. The summed E-state index contributed by atoms with van der Waals surface area (Å²) in [6.07, 6.45) is 0.00132. The van der Waals surface area contributed by atoms with Crippen LogP contribution in [0, 0.1) is 0 Å². The molecule has 1 aliphatic rings. The van der Waals surface area contributed by atoms with Crippen molar-refractivity contribution in [3.8, 4) is 0 Å². The summed E-state index contributed by atoms with van der Waals surface area (Å²) in [7, 11) is 0. The predicted molar refractivity (Wildman–Crippen MR) is 63.8 cm³/mol.